The minimum absolute atomic E-state index is 0.112. The average molecular weight is 314 g/mol. The van der Waals surface area contributed by atoms with E-state index in [-0.39, 0.29) is 5.91 Å². The van der Waals surface area contributed by atoms with Gasteiger partial charge in [0, 0.05) is 24.0 Å². The molecule has 1 amide bonds. The van der Waals surface area contributed by atoms with E-state index in [0.717, 1.165) is 24.9 Å². The Balaban J connectivity index is 1.57. The van der Waals surface area contributed by atoms with Crippen molar-refractivity contribution in [1.82, 2.24) is 10.2 Å². The molecule has 116 valence electrons. The first-order valence-corrected chi connectivity index (χ1v) is 8.77. The summed E-state index contributed by atoms with van der Waals surface area (Å²) >= 11 is 1.85. The predicted molar refractivity (Wildman–Crippen MR) is 90.9 cm³/mol. The van der Waals surface area contributed by atoms with Crippen molar-refractivity contribution in [2.45, 2.75) is 32.4 Å². The zero-order chi connectivity index (χ0) is 15.4. The first-order valence-electron chi connectivity index (χ1n) is 7.89. The smallest absolute Gasteiger partial charge is 0.234 e. The lowest BCUT2D eigenvalue weighted by Gasteiger charge is -2.34. The first-order chi connectivity index (χ1) is 10.8. The van der Waals surface area contributed by atoms with Crippen molar-refractivity contribution < 1.29 is 4.79 Å². The minimum atomic E-state index is 0.112. The molecular formula is C18H22N2OS. The van der Waals surface area contributed by atoms with E-state index in [2.05, 4.69) is 28.6 Å². The summed E-state index contributed by atoms with van der Waals surface area (Å²) in [6.45, 7) is 4.27. The van der Waals surface area contributed by atoms with E-state index in [1.165, 1.54) is 10.4 Å². The fraction of sp³-hybridized carbons (Fsp3) is 0.389. The number of thiophene rings is 1. The monoisotopic (exact) mass is 314 g/mol. The lowest BCUT2D eigenvalue weighted by Crippen LogP contribution is -2.42. The molecule has 4 heteroatoms. The van der Waals surface area contributed by atoms with Gasteiger partial charge in [0.05, 0.1) is 6.54 Å². The Labute approximate surface area is 136 Å². The third kappa shape index (κ3) is 3.39. The highest BCUT2D eigenvalue weighted by molar-refractivity contribution is 7.10. The van der Waals surface area contributed by atoms with Crippen molar-refractivity contribution in [2.75, 3.05) is 13.1 Å². The molecule has 0 saturated carbocycles. The van der Waals surface area contributed by atoms with Crippen LogP contribution in [0.25, 0.3) is 0 Å². The van der Waals surface area contributed by atoms with E-state index in [1.807, 2.05) is 41.7 Å². The minimum Gasteiger partial charge on any atom is -0.351 e. The molecule has 0 radical (unpaired) electrons. The molecule has 1 aromatic heterocycles. The molecule has 1 aromatic carbocycles. The zero-order valence-electron chi connectivity index (χ0n) is 12.9. The maximum Gasteiger partial charge on any atom is 0.234 e. The zero-order valence-corrected chi connectivity index (χ0v) is 13.7. The predicted octanol–water partition coefficient (Wildman–Crippen LogP) is 3.37. The van der Waals surface area contributed by atoms with E-state index < -0.39 is 0 Å². The molecule has 0 unspecified atom stereocenters. The molecule has 0 aliphatic carbocycles. The van der Waals surface area contributed by atoms with Crippen LogP contribution in [-0.4, -0.2) is 23.9 Å². The molecule has 22 heavy (non-hydrogen) atoms. The molecule has 0 fully saturated rings. The lowest BCUT2D eigenvalue weighted by molar-refractivity contribution is -0.123. The van der Waals surface area contributed by atoms with Gasteiger partial charge < -0.3 is 5.32 Å². The van der Waals surface area contributed by atoms with Gasteiger partial charge in [0.25, 0.3) is 0 Å². The fourth-order valence-corrected chi connectivity index (χ4v) is 4.08. The Bertz CT molecular complexity index is 623. The molecule has 2 heterocycles. The highest BCUT2D eigenvalue weighted by Gasteiger charge is 2.27. The topological polar surface area (TPSA) is 32.3 Å². The fourth-order valence-electron chi connectivity index (χ4n) is 3.15. The van der Waals surface area contributed by atoms with Crippen LogP contribution in [-0.2, 0) is 17.8 Å². The third-order valence-electron chi connectivity index (χ3n) is 4.27. The van der Waals surface area contributed by atoms with Crippen LogP contribution in [0, 0.1) is 0 Å². The highest BCUT2D eigenvalue weighted by Crippen LogP contribution is 2.34. The molecule has 3 rings (SSSR count). The van der Waals surface area contributed by atoms with Crippen molar-refractivity contribution >= 4 is 17.2 Å². The van der Waals surface area contributed by atoms with Crippen LogP contribution in [0.5, 0.6) is 0 Å². The van der Waals surface area contributed by atoms with Crippen LogP contribution in [0.4, 0.5) is 0 Å². The number of nitrogens with one attached hydrogen (secondary N) is 1. The van der Waals surface area contributed by atoms with Crippen molar-refractivity contribution in [3.05, 3.63) is 57.8 Å². The molecular weight excluding hydrogens is 292 g/mol. The number of benzene rings is 1. The molecule has 1 aliphatic heterocycles. The summed E-state index contributed by atoms with van der Waals surface area (Å²) in [5.41, 5.74) is 2.57. The summed E-state index contributed by atoms with van der Waals surface area (Å²) in [6, 6.07) is 12.7. The first kappa shape index (κ1) is 15.3. The number of hydrogen-bond donors (Lipinski definition) is 1. The molecule has 2 aromatic rings. The van der Waals surface area contributed by atoms with Gasteiger partial charge in [0.1, 0.15) is 0 Å². The summed E-state index contributed by atoms with van der Waals surface area (Å²) in [6.07, 6.45) is 2.12. The van der Waals surface area contributed by atoms with Gasteiger partial charge in [-0.1, -0.05) is 37.3 Å². The summed E-state index contributed by atoms with van der Waals surface area (Å²) in [4.78, 5) is 16.1. The van der Waals surface area contributed by atoms with Crippen LogP contribution in [0.2, 0.25) is 0 Å². The quantitative estimate of drug-likeness (QED) is 0.917. The number of rotatable bonds is 5. The van der Waals surface area contributed by atoms with Crippen LogP contribution in [0.1, 0.15) is 35.4 Å². The summed E-state index contributed by atoms with van der Waals surface area (Å²) in [5, 5.41) is 5.20. The van der Waals surface area contributed by atoms with Crippen LogP contribution >= 0.6 is 11.3 Å². The number of carbonyl (C=O) groups is 1. The van der Waals surface area contributed by atoms with Crippen molar-refractivity contribution in [3.63, 3.8) is 0 Å². The van der Waals surface area contributed by atoms with Gasteiger partial charge in [-0.2, -0.15) is 0 Å². The number of fused-ring (bicyclic) bond motifs is 1. The van der Waals surface area contributed by atoms with E-state index >= 15 is 0 Å². The number of hydrogen-bond acceptors (Lipinski definition) is 3. The Morgan fingerprint density at radius 1 is 1.32 bits per heavy atom. The number of carbonyl (C=O) groups excluding carboxylic acids is 1. The molecule has 0 saturated heterocycles. The van der Waals surface area contributed by atoms with Gasteiger partial charge in [-0.15, -0.1) is 11.3 Å². The van der Waals surface area contributed by atoms with E-state index in [9.17, 15) is 4.79 Å². The van der Waals surface area contributed by atoms with E-state index in [0.29, 0.717) is 19.1 Å². The van der Waals surface area contributed by atoms with E-state index in [4.69, 9.17) is 0 Å². The van der Waals surface area contributed by atoms with Crippen LogP contribution < -0.4 is 5.32 Å². The van der Waals surface area contributed by atoms with E-state index in [1.54, 1.807) is 0 Å². The van der Waals surface area contributed by atoms with Gasteiger partial charge in [-0.05, 0) is 35.4 Å². The Morgan fingerprint density at radius 3 is 2.91 bits per heavy atom. The van der Waals surface area contributed by atoms with Crippen molar-refractivity contribution in [2.24, 2.45) is 0 Å². The van der Waals surface area contributed by atoms with Gasteiger partial charge >= 0.3 is 0 Å². The molecule has 0 spiro atoms. The molecule has 1 aliphatic rings. The second-order valence-corrected chi connectivity index (χ2v) is 6.71. The Hall–Kier alpha value is -1.65. The average Bonchev–Trinajstić information content (AvgIpc) is 3.02. The van der Waals surface area contributed by atoms with Crippen molar-refractivity contribution in [1.29, 1.82) is 0 Å². The number of amides is 1. The van der Waals surface area contributed by atoms with Crippen molar-refractivity contribution in [3.8, 4) is 0 Å². The van der Waals surface area contributed by atoms with Gasteiger partial charge in [0.15, 0.2) is 0 Å². The number of nitrogens with zero attached hydrogens (tertiary/aromatic N) is 1. The van der Waals surface area contributed by atoms with Crippen LogP contribution in [0.3, 0.4) is 0 Å². The molecule has 0 bridgehead atoms. The third-order valence-corrected chi connectivity index (χ3v) is 5.27. The summed E-state index contributed by atoms with van der Waals surface area (Å²) in [7, 11) is 0. The normalized spacial score (nSPS) is 18.0. The molecule has 1 N–H and O–H groups in total. The van der Waals surface area contributed by atoms with Gasteiger partial charge in [0.2, 0.25) is 5.91 Å². The maximum absolute atomic E-state index is 12.2. The SMILES string of the molecule is CC[C@H]1c2ccsc2CCN1CC(=O)NCc1ccccc1. The lowest BCUT2D eigenvalue weighted by atomic mass is 9.98. The second-order valence-electron chi connectivity index (χ2n) is 5.71. The van der Waals surface area contributed by atoms with Gasteiger partial charge in [-0.3, -0.25) is 9.69 Å². The highest BCUT2D eigenvalue weighted by atomic mass is 32.1. The Kier molecular flexibility index (Phi) is 4.90. The van der Waals surface area contributed by atoms with Crippen LogP contribution in [0.15, 0.2) is 41.8 Å². The summed E-state index contributed by atoms with van der Waals surface area (Å²) in [5.74, 6) is 0.112. The Morgan fingerprint density at radius 2 is 2.14 bits per heavy atom. The second kappa shape index (κ2) is 7.07. The largest absolute Gasteiger partial charge is 0.351 e. The standard InChI is InChI=1S/C18H22N2OS/c1-2-16-15-9-11-22-17(15)8-10-20(16)13-18(21)19-12-14-6-4-3-5-7-14/h3-7,9,11,16H,2,8,10,12-13H2,1H3,(H,19,21)/t16-/m0/s1. The molecule has 1 atom stereocenters. The summed E-state index contributed by atoms with van der Waals surface area (Å²) < 4.78 is 0. The molecule has 3 nitrogen and oxygen atoms in total. The maximum atomic E-state index is 12.2. The van der Waals surface area contributed by atoms with Gasteiger partial charge in [-0.25, -0.2) is 0 Å².